The summed E-state index contributed by atoms with van der Waals surface area (Å²) in [5.41, 5.74) is 3.16. The minimum absolute atomic E-state index is 0.0502. The molecule has 0 bridgehead atoms. The maximum absolute atomic E-state index is 13.1. The fourth-order valence-electron chi connectivity index (χ4n) is 3.81. The van der Waals surface area contributed by atoms with Crippen LogP contribution in [0.25, 0.3) is 0 Å². The maximum Gasteiger partial charge on any atom is 0.261 e. The number of rotatable bonds is 6. The van der Waals surface area contributed by atoms with E-state index < -0.39 is 21.7 Å². The van der Waals surface area contributed by atoms with Crippen molar-refractivity contribution in [2.24, 2.45) is 0 Å². The van der Waals surface area contributed by atoms with Crippen molar-refractivity contribution in [3.05, 3.63) is 82.6 Å². The van der Waals surface area contributed by atoms with Crippen molar-refractivity contribution in [3.63, 3.8) is 0 Å². The van der Waals surface area contributed by atoms with Crippen molar-refractivity contribution in [2.45, 2.75) is 24.7 Å². The molecule has 3 aromatic rings. The number of anilines is 3. The van der Waals surface area contributed by atoms with Crippen molar-refractivity contribution in [1.82, 2.24) is 0 Å². The van der Waals surface area contributed by atoms with Gasteiger partial charge in [-0.3, -0.25) is 9.52 Å². The van der Waals surface area contributed by atoms with Gasteiger partial charge in [-0.05, 0) is 86.0 Å². The Morgan fingerprint density at radius 2 is 1.70 bits per heavy atom. The van der Waals surface area contributed by atoms with Crippen molar-refractivity contribution in [2.75, 3.05) is 28.0 Å². The summed E-state index contributed by atoms with van der Waals surface area (Å²) in [4.78, 5) is 15.0. The molecular weight excluding hydrogens is 465 g/mol. The lowest BCUT2D eigenvalue weighted by molar-refractivity contribution is 0.102. The molecule has 1 heterocycles. The van der Waals surface area contributed by atoms with Gasteiger partial charge in [0.25, 0.3) is 15.9 Å². The van der Waals surface area contributed by atoms with E-state index in [0.717, 1.165) is 48.6 Å². The number of carbonyl (C=O) groups excluding carboxylic acids is 1. The summed E-state index contributed by atoms with van der Waals surface area (Å²) in [6, 6.07) is 14.5. The van der Waals surface area contributed by atoms with Gasteiger partial charge in [0, 0.05) is 30.0 Å². The van der Waals surface area contributed by atoms with Gasteiger partial charge in [0.05, 0.1) is 15.6 Å². The van der Waals surface area contributed by atoms with E-state index in [1.54, 1.807) is 0 Å². The summed E-state index contributed by atoms with van der Waals surface area (Å²) in [5, 5.41) is 2.97. The molecule has 9 heteroatoms. The number of halogens is 2. The predicted octanol–water partition coefficient (Wildman–Crippen LogP) is 5.44. The molecule has 1 aliphatic heterocycles. The molecule has 172 valence electrons. The summed E-state index contributed by atoms with van der Waals surface area (Å²) >= 11 is 6.16. The Kier molecular flexibility index (Phi) is 6.58. The molecule has 0 radical (unpaired) electrons. The number of sulfonamides is 1. The molecule has 33 heavy (non-hydrogen) atoms. The lowest BCUT2D eigenvalue weighted by Gasteiger charge is -2.20. The summed E-state index contributed by atoms with van der Waals surface area (Å²) in [6.07, 6.45) is 2.36. The highest BCUT2D eigenvalue weighted by atomic mass is 35.5. The Balaban J connectivity index is 1.51. The molecule has 0 saturated carbocycles. The van der Waals surface area contributed by atoms with Gasteiger partial charge >= 0.3 is 0 Å². The number of nitrogens with zero attached hydrogens (tertiary/aromatic N) is 1. The molecule has 0 unspecified atom stereocenters. The van der Waals surface area contributed by atoms with Crippen molar-refractivity contribution >= 4 is 44.6 Å². The summed E-state index contributed by atoms with van der Waals surface area (Å²) in [5.74, 6) is -0.948. The number of benzene rings is 3. The zero-order valence-corrected chi connectivity index (χ0v) is 19.5. The molecule has 0 aliphatic carbocycles. The molecule has 1 amide bonds. The third kappa shape index (κ3) is 5.29. The Morgan fingerprint density at radius 3 is 2.36 bits per heavy atom. The molecule has 1 saturated heterocycles. The van der Waals surface area contributed by atoms with Crippen LogP contribution in [0.3, 0.4) is 0 Å². The topological polar surface area (TPSA) is 78.5 Å². The number of amides is 1. The summed E-state index contributed by atoms with van der Waals surface area (Å²) < 4.78 is 40.7. The summed E-state index contributed by atoms with van der Waals surface area (Å²) in [7, 11) is -4.01. The van der Waals surface area contributed by atoms with E-state index in [9.17, 15) is 17.6 Å². The van der Waals surface area contributed by atoms with Gasteiger partial charge < -0.3 is 10.2 Å². The van der Waals surface area contributed by atoms with Crippen molar-refractivity contribution in [3.8, 4) is 0 Å². The highest BCUT2D eigenvalue weighted by Gasteiger charge is 2.18. The van der Waals surface area contributed by atoms with E-state index in [4.69, 9.17) is 11.6 Å². The second-order valence-electron chi connectivity index (χ2n) is 7.90. The fourth-order valence-corrected chi connectivity index (χ4v) is 5.10. The van der Waals surface area contributed by atoms with Crippen LogP contribution in [-0.2, 0) is 10.0 Å². The minimum Gasteiger partial charge on any atom is -0.371 e. The number of hydrogen-bond acceptors (Lipinski definition) is 4. The van der Waals surface area contributed by atoms with E-state index in [0.29, 0.717) is 5.69 Å². The largest absolute Gasteiger partial charge is 0.371 e. The first kappa shape index (κ1) is 23.1. The van der Waals surface area contributed by atoms with Gasteiger partial charge in [0.15, 0.2) is 0 Å². The van der Waals surface area contributed by atoms with Gasteiger partial charge in [-0.1, -0.05) is 11.6 Å². The first-order chi connectivity index (χ1) is 15.7. The number of nitrogens with one attached hydrogen (secondary N) is 2. The standard InChI is InChI=1S/C24H23ClFN3O3S/c1-16-14-19(7-11-23(16)29-12-2-3-13-29)27-24(30)17-4-10-21(25)22(15-17)28-33(31,32)20-8-5-18(26)6-9-20/h4-11,14-15,28H,2-3,12-13H2,1H3,(H,27,30). The van der Waals surface area contributed by atoms with Crippen LogP contribution in [0.4, 0.5) is 21.5 Å². The predicted molar refractivity (Wildman–Crippen MR) is 129 cm³/mol. The Hall–Kier alpha value is -3.10. The quantitative estimate of drug-likeness (QED) is 0.485. The van der Waals surface area contributed by atoms with Gasteiger partial charge in [0.1, 0.15) is 5.82 Å². The van der Waals surface area contributed by atoms with Gasteiger partial charge in [-0.15, -0.1) is 0 Å². The molecule has 1 fully saturated rings. The zero-order chi connectivity index (χ0) is 23.6. The molecule has 0 spiro atoms. The highest BCUT2D eigenvalue weighted by molar-refractivity contribution is 7.92. The fraction of sp³-hybridized carbons (Fsp3) is 0.208. The molecule has 1 aliphatic rings. The first-order valence-electron chi connectivity index (χ1n) is 10.5. The normalized spacial score (nSPS) is 13.7. The van der Waals surface area contributed by atoms with Crippen LogP contribution in [0, 0.1) is 12.7 Å². The van der Waals surface area contributed by atoms with Crippen LogP contribution < -0.4 is 14.9 Å². The van der Waals surface area contributed by atoms with E-state index in [1.807, 2.05) is 25.1 Å². The average Bonchev–Trinajstić information content (AvgIpc) is 3.30. The second kappa shape index (κ2) is 9.41. The number of aryl methyl sites for hydroxylation is 1. The molecule has 2 N–H and O–H groups in total. The zero-order valence-electron chi connectivity index (χ0n) is 17.9. The van der Waals surface area contributed by atoms with Crippen LogP contribution in [0.1, 0.15) is 28.8 Å². The van der Waals surface area contributed by atoms with Gasteiger partial charge in [-0.25, -0.2) is 12.8 Å². The SMILES string of the molecule is Cc1cc(NC(=O)c2ccc(Cl)c(NS(=O)(=O)c3ccc(F)cc3)c2)ccc1N1CCCC1. The van der Waals surface area contributed by atoms with Crippen LogP contribution >= 0.6 is 11.6 Å². The first-order valence-corrected chi connectivity index (χ1v) is 12.3. The van der Waals surface area contributed by atoms with Crippen molar-refractivity contribution in [1.29, 1.82) is 0 Å². The third-order valence-electron chi connectivity index (χ3n) is 5.50. The van der Waals surface area contributed by atoms with E-state index in [2.05, 4.69) is 14.9 Å². The minimum atomic E-state index is -4.01. The Bertz CT molecular complexity index is 1290. The molecule has 3 aromatic carbocycles. The maximum atomic E-state index is 13.1. The van der Waals surface area contributed by atoms with Crippen LogP contribution in [-0.4, -0.2) is 27.4 Å². The average molecular weight is 488 g/mol. The smallest absolute Gasteiger partial charge is 0.261 e. The Labute approximate surface area is 197 Å². The van der Waals surface area contributed by atoms with Crippen LogP contribution in [0.5, 0.6) is 0 Å². The van der Waals surface area contributed by atoms with Crippen LogP contribution in [0.2, 0.25) is 5.02 Å². The third-order valence-corrected chi connectivity index (χ3v) is 7.21. The van der Waals surface area contributed by atoms with E-state index in [1.165, 1.54) is 31.0 Å². The van der Waals surface area contributed by atoms with Gasteiger partial charge in [0.2, 0.25) is 0 Å². The lowest BCUT2D eigenvalue weighted by Crippen LogP contribution is -2.19. The Morgan fingerprint density at radius 1 is 1.00 bits per heavy atom. The molecule has 6 nitrogen and oxygen atoms in total. The monoisotopic (exact) mass is 487 g/mol. The summed E-state index contributed by atoms with van der Waals surface area (Å²) in [6.45, 7) is 4.08. The van der Waals surface area contributed by atoms with E-state index in [-0.39, 0.29) is 21.2 Å². The second-order valence-corrected chi connectivity index (χ2v) is 9.99. The molecule has 4 rings (SSSR count). The number of carbonyl (C=O) groups is 1. The lowest BCUT2D eigenvalue weighted by atomic mass is 10.1. The van der Waals surface area contributed by atoms with Gasteiger partial charge in [-0.2, -0.15) is 0 Å². The van der Waals surface area contributed by atoms with Crippen molar-refractivity contribution < 1.29 is 17.6 Å². The van der Waals surface area contributed by atoms with Crippen LogP contribution in [0.15, 0.2) is 65.6 Å². The highest BCUT2D eigenvalue weighted by Crippen LogP contribution is 2.29. The molecule has 0 atom stereocenters. The molecule has 0 aromatic heterocycles. The number of hydrogen-bond donors (Lipinski definition) is 2. The van der Waals surface area contributed by atoms with E-state index >= 15 is 0 Å². The molecular formula is C24H23ClFN3O3S.